The fourth-order valence-electron chi connectivity index (χ4n) is 0.588. The molecule has 0 aliphatic rings. The molecule has 0 nitrogen and oxygen atoms in total. The first-order chi connectivity index (χ1) is 3.79. The zero-order valence-corrected chi connectivity index (χ0v) is 7.02. The molecule has 0 unspecified atom stereocenters. The lowest BCUT2D eigenvalue weighted by atomic mass is 10.2. The van der Waals surface area contributed by atoms with Gasteiger partial charge in [0.1, 0.15) is 0 Å². The van der Waals surface area contributed by atoms with E-state index in [4.69, 9.17) is 0 Å². The van der Waals surface area contributed by atoms with Crippen molar-refractivity contribution in [1.82, 2.24) is 0 Å². The fraction of sp³-hybridized carbons (Fsp3) is 0. The summed E-state index contributed by atoms with van der Waals surface area (Å²) in [6, 6.07) is 8.33. The average Bonchev–Trinajstić information content (AvgIpc) is 1.77. The highest BCUT2D eigenvalue weighted by Crippen LogP contribution is 1.90. The van der Waals surface area contributed by atoms with Crippen LogP contribution < -0.4 is 5.19 Å². The van der Waals surface area contributed by atoms with Crippen LogP contribution in [0.1, 0.15) is 5.56 Å². The standard InChI is InChI=1S/C7H9Si/c1-6-2-4-7(8)5-3-6/h2-5H,1H2,8H3. The van der Waals surface area contributed by atoms with Crippen LogP contribution in [0.2, 0.25) is 0 Å². The molecular formula is C7H9Si. The minimum atomic E-state index is 1.10. The van der Waals surface area contributed by atoms with Crippen LogP contribution >= 0.6 is 0 Å². The van der Waals surface area contributed by atoms with Crippen LogP contribution in [0.15, 0.2) is 24.3 Å². The van der Waals surface area contributed by atoms with E-state index in [1.165, 1.54) is 5.19 Å². The second kappa shape index (κ2) is 2.14. The van der Waals surface area contributed by atoms with Gasteiger partial charge in [0.15, 0.2) is 0 Å². The SMILES string of the molecule is [CH2]c1ccc([SiH3])cc1. The monoisotopic (exact) mass is 121 g/mol. The Balaban J connectivity index is 3.03. The lowest BCUT2D eigenvalue weighted by molar-refractivity contribution is 1.65. The molecule has 1 aromatic carbocycles. The highest BCUT2D eigenvalue weighted by atomic mass is 28.1. The van der Waals surface area contributed by atoms with Crippen molar-refractivity contribution in [1.29, 1.82) is 0 Å². The van der Waals surface area contributed by atoms with E-state index in [2.05, 4.69) is 19.1 Å². The third-order valence-corrected chi connectivity index (χ3v) is 1.79. The normalized spacial score (nSPS) is 9.62. The largest absolute Gasteiger partial charge is 0.0707 e. The molecule has 0 aromatic heterocycles. The number of hydrogen-bond acceptors (Lipinski definition) is 0. The second-order valence-corrected chi connectivity index (χ2v) is 3.14. The fourth-order valence-corrected chi connectivity index (χ4v) is 0.921. The maximum Gasteiger partial charge on any atom is 0.0384 e. The molecule has 0 aliphatic carbocycles. The summed E-state index contributed by atoms with van der Waals surface area (Å²) < 4.78 is 0. The van der Waals surface area contributed by atoms with Crippen LogP contribution in [-0.2, 0) is 0 Å². The lowest BCUT2D eigenvalue weighted by Crippen LogP contribution is -1.98. The molecule has 0 bridgehead atoms. The summed E-state index contributed by atoms with van der Waals surface area (Å²) >= 11 is 0. The summed E-state index contributed by atoms with van der Waals surface area (Å²) in [6.07, 6.45) is 0. The number of hydrogen-bond donors (Lipinski definition) is 0. The molecule has 0 N–H and O–H groups in total. The van der Waals surface area contributed by atoms with Gasteiger partial charge >= 0.3 is 0 Å². The van der Waals surface area contributed by atoms with Crippen molar-refractivity contribution < 1.29 is 0 Å². The molecule has 0 amide bonds. The Kier molecular flexibility index (Phi) is 1.49. The lowest BCUT2D eigenvalue weighted by Gasteiger charge is -1.89. The third kappa shape index (κ3) is 1.20. The summed E-state index contributed by atoms with van der Waals surface area (Å²) in [5.41, 5.74) is 1.10. The first-order valence-electron chi connectivity index (χ1n) is 2.67. The quantitative estimate of drug-likeness (QED) is 0.419. The predicted molar refractivity (Wildman–Crippen MR) is 40.5 cm³/mol. The highest BCUT2D eigenvalue weighted by Gasteiger charge is 1.79. The van der Waals surface area contributed by atoms with Crippen LogP contribution in [0.3, 0.4) is 0 Å². The molecule has 0 saturated carbocycles. The maximum atomic E-state index is 3.78. The van der Waals surface area contributed by atoms with Crippen LogP contribution in [0.25, 0.3) is 0 Å². The summed E-state index contributed by atoms with van der Waals surface area (Å²) in [7, 11) is 1.14. The molecule has 0 fully saturated rings. The zero-order valence-electron chi connectivity index (χ0n) is 5.02. The Labute approximate surface area is 53.0 Å². The van der Waals surface area contributed by atoms with Gasteiger partial charge in [0.25, 0.3) is 0 Å². The van der Waals surface area contributed by atoms with E-state index in [0.29, 0.717) is 0 Å². The van der Waals surface area contributed by atoms with Crippen molar-refractivity contribution in [3.05, 3.63) is 36.8 Å². The molecule has 1 aromatic rings. The van der Waals surface area contributed by atoms with Gasteiger partial charge in [-0.15, -0.1) is 0 Å². The first-order valence-corrected chi connectivity index (χ1v) is 3.67. The van der Waals surface area contributed by atoms with E-state index in [0.717, 1.165) is 15.8 Å². The smallest absolute Gasteiger partial charge is 0.0384 e. The van der Waals surface area contributed by atoms with E-state index in [9.17, 15) is 0 Å². The minimum Gasteiger partial charge on any atom is -0.0707 e. The Hall–Kier alpha value is -0.563. The molecule has 0 aliphatic heterocycles. The molecule has 1 heteroatoms. The Morgan fingerprint density at radius 1 is 1.12 bits per heavy atom. The van der Waals surface area contributed by atoms with Gasteiger partial charge in [0.2, 0.25) is 0 Å². The van der Waals surface area contributed by atoms with Crippen LogP contribution in [0, 0.1) is 6.92 Å². The topological polar surface area (TPSA) is 0 Å². The molecule has 0 saturated heterocycles. The molecular weight excluding hydrogens is 112 g/mol. The van der Waals surface area contributed by atoms with Crippen molar-refractivity contribution in [2.75, 3.05) is 0 Å². The van der Waals surface area contributed by atoms with Gasteiger partial charge in [-0.2, -0.15) is 0 Å². The van der Waals surface area contributed by atoms with E-state index >= 15 is 0 Å². The predicted octanol–water partition coefficient (Wildman–Crippen LogP) is -0.141. The van der Waals surface area contributed by atoms with Crippen molar-refractivity contribution in [3.8, 4) is 0 Å². The maximum absolute atomic E-state index is 3.78. The first kappa shape index (κ1) is 5.57. The number of rotatable bonds is 0. The van der Waals surface area contributed by atoms with Gasteiger partial charge in [0.05, 0.1) is 0 Å². The van der Waals surface area contributed by atoms with E-state index < -0.39 is 0 Å². The molecule has 1 radical (unpaired) electrons. The van der Waals surface area contributed by atoms with E-state index in [1.54, 1.807) is 0 Å². The Morgan fingerprint density at radius 3 is 2.00 bits per heavy atom. The Morgan fingerprint density at radius 2 is 1.62 bits per heavy atom. The molecule has 0 atom stereocenters. The zero-order chi connectivity index (χ0) is 5.98. The van der Waals surface area contributed by atoms with Gasteiger partial charge < -0.3 is 0 Å². The molecule has 0 spiro atoms. The molecule has 1 rings (SSSR count). The van der Waals surface area contributed by atoms with Gasteiger partial charge in [-0.1, -0.05) is 29.5 Å². The highest BCUT2D eigenvalue weighted by molar-refractivity contribution is 6.32. The van der Waals surface area contributed by atoms with E-state index in [-0.39, 0.29) is 0 Å². The van der Waals surface area contributed by atoms with Crippen molar-refractivity contribution >= 4 is 15.4 Å². The third-order valence-electron chi connectivity index (χ3n) is 1.12. The van der Waals surface area contributed by atoms with Gasteiger partial charge in [-0.25, -0.2) is 0 Å². The summed E-state index contributed by atoms with van der Waals surface area (Å²) in [4.78, 5) is 0. The summed E-state index contributed by atoms with van der Waals surface area (Å²) in [5, 5.41) is 1.43. The molecule has 0 heterocycles. The molecule has 8 heavy (non-hydrogen) atoms. The summed E-state index contributed by atoms with van der Waals surface area (Å²) in [5.74, 6) is 0. The van der Waals surface area contributed by atoms with Crippen molar-refractivity contribution in [2.45, 2.75) is 0 Å². The van der Waals surface area contributed by atoms with Crippen LogP contribution in [-0.4, -0.2) is 10.2 Å². The van der Waals surface area contributed by atoms with Gasteiger partial charge in [-0.3, -0.25) is 0 Å². The van der Waals surface area contributed by atoms with Crippen LogP contribution in [0.4, 0.5) is 0 Å². The Bertz CT molecular complexity index is 143. The second-order valence-electron chi connectivity index (χ2n) is 1.99. The van der Waals surface area contributed by atoms with Crippen molar-refractivity contribution in [3.63, 3.8) is 0 Å². The van der Waals surface area contributed by atoms with E-state index in [1.807, 2.05) is 12.1 Å². The number of benzene rings is 1. The van der Waals surface area contributed by atoms with Crippen LogP contribution in [0.5, 0.6) is 0 Å². The van der Waals surface area contributed by atoms with Gasteiger partial charge in [0, 0.05) is 10.2 Å². The van der Waals surface area contributed by atoms with Crippen molar-refractivity contribution in [2.24, 2.45) is 0 Å². The summed E-state index contributed by atoms with van der Waals surface area (Å²) in [6.45, 7) is 3.78. The minimum absolute atomic E-state index is 1.10. The average molecular weight is 121 g/mol. The molecule has 41 valence electrons. The van der Waals surface area contributed by atoms with Gasteiger partial charge in [-0.05, 0) is 12.5 Å².